The van der Waals surface area contributed by atoms with Crippen molar-refractivity contribution in [3.63, 3.8) is 0 Å². The number of hydrogen-bond acceptors (Lipinski definition) is 3. The SMILES string of the molecule is Clc1cc(-c2nnco2)cc(Br)c1Cl. The van der Waals surface area contributed by atoms with E-state index in [-0.39, 0.29) is 0 Å². The lowest BCUT2D eigenvalue weighted by molar-refractivity contribution is 0.568. The van der Waals surface area contributed by atoms with Crippen molar-refractivity contribution in [1.29, 1.82) is 0 Å². The molecule has 0 aliphatic carbocycles. The maximum Gasteiger partial charge on any atom is 0.247 e. The molecule has 0 fully saturated rings. The monoisotopic (exact) mass is 292 g/mol. The maximum atomic E-state index is 5.88. The fraction of sp³-hybridized carbons (Fsp3) is 0. The Labute approximate surface area is 98.2 Å². The molecule has 0 amide bonds. The molecule has 2 rings (SSSR count). The molecule has 0 saturated carbocycles. The van der Waals surface area contributed by atoms with E-state index in [9.17, 15) is 0 Å². The molecule has 0 aliphatic heterocycles. The normalized spacial score (nSPS) is 10.5. The van der Waals surface area contributed by atoms with Gasteiger partial charge < -0.3 is 4.42 Å². The summed E-state index contributed by atoms with van der Waals surface area (Å²) < 4.78 is 5.72. The number of hydrogen-bond donors (Lipinski definition) is 0. The highest BCUT2D eigenvalue weighted by molar-refractivity contribution is 9.10. The topological polar surface area (TPSA) is 38.9 Å². The van der Waals surface area contributed by atoms with Gasteiger partial charge in [-0.3, -0.25) is 0 Å². The van der Waals surface area contributed by atoms with Gasteiger partial charge in [-0.1, -0.05) is 23.2 Å². The van der Waals surface area contributed by atoms with Crippen LogP contribution in [0.25, 0.3) is 11.5 Å². The molecule has 3 nitrogen and oxygen atoms in total. The molecule has 1 heterocycles. The van der Waals surface area contributed by atoms with Gasteiger partial charge in [0.25, 0.3) is 0 Å². The highest BCUT2D eigenvalue weighted by atomic mass is 79.9. The van der Waals surface area contributed by atoms with Crippen molar-refractivity contribution in [1.82, 2.24) is 10.2 Å². The smallest absolute Gasteiger partial charge is 0.247 e. The second kappa shape index (κ2) is 3.88. The van der Waals surface area contributed by atoms with Crippen LogP contribution in [0.1, 0.15) is 0 Å². The number of aromatic nitrogens is 2. The van der Waals surface area contributed by atoms with E-state index in [0.717, 1.165) is 5.56 Å². The van der Waals surface area contributed by atoms with E-state index in [1.165, 1.54) is 6.39 Å². The van der Waals surface area contributed by atoms with Gasteiger partial charge in [-0.25, -0.2) is 0 Å². The highest BCUT2D eigenvalue weighted by Crippen LogP contribution is 2.34. The van der Waals surface area contributed by atoms with Crippen LogP contribution in [0.15, 0.2) is 27.4 Å². The third kappa shape index (κ3) is 1.78. The van der Waals surface area contributed by atoms with Crippen LogP contribution in [0.2, 0.25) is 10.0 Å². The van der Waals surface area contributed by atoms with Crippen LogP contribution in [0.3, 0.4) is 0 Å². The first-order valence-electron chi connectivity index (χ1n) is 3.59. The van der Waals surface area contributed by atoms with Crippen LogP contribution in [-0.2, 0) is 0 Å². The lowest BCUT2D eigenvalue weighted by Crippen LogP contribution is -1.80. The Morgan fingerprint density at radius 1 is 1.29 bits per heavy atom. The van der Waals surface area contributed by atoms with Crippen molar-refractivity contribution in [2.45, 2.75) is 0 Å². The van der Waals surface area contributed by atoms with Gasteiger partial charge in [0.05, 0.1) is 10.0 Å². The molecular weight excluding hydrogens is 291 g/mol. The van der Waals surface area contributed by atoms with E-state index in [1.54, 1.807) is 12.1 Å². The van der Waals surface area contributed by atoms with Gasteiger partial charge in [-0.15, -0.1) is 10.2 Å². The number of benzene rings is 1. The zero-order valence-electron chi connectivity index (χ0n) is 6.67. The largest absolute Gasteiger partial charge is 0.423 e. The molecule has 0 unspecified atom stereocenters. The molecule has 1 aromatic carbocycles. The first-order valence-corrected chi connectivity index (χ1v) is 5.14. The van der Waals surface area contributed by atoms with Crippen LogP contribution in [0.4, 0.5) is 0 Å². The standard InChI is InChI=1S/C8H3BrCl2N2O/c9-5-1-4(2-6(10)7(5)11)8-13-12-3-14-8/h1-3H. The Kier molecular flexibility index (Phi) is 2.76. The summed E-state index contributed by atoms with van der Waals surface area (Å²) in [7, 11) is 0. The van der Waals surface area contributed by atoms with Crippen LogP contribution in [-0.4, -0.2) is 10.2 Å². The average molecular weight is 294 g/mol. The predicted molar refractivity (Wildman–Crippen MR) is 57.5 cm³/mol. The van der Waals surface area contributed by atoms with Gasteiger partial charge in [-0.2, -0.15) is 0 Å². The van der Waals surface area contributed by atoms with Gasteiger partial charge in [0.2, 0.25) is 12.3 Å². The van der Waals surface area contributed by atoms with Crippen molar-refractivity contribution in [2.24, 2.45) is 0 Å². The first-order chi connectivity index (χ1) is 6.68. The van der Waals surface area contributed by atoms with E-state index >= 15 is 0 Å². The minimum Gasteiger partial charge on any atom is -0.423 e. The van der Waals surface area contributed by atoms with Crippen molar-refractivity contribution in [2.75, 3.05) is 0 Å². The van der Waals surface area contributed by atoms with Gasteiger partial charge in [0.1, 0.15) is 0 Å². The molecule has 6 heteroatoms. The third-order valence-electron chi connectivity index (χ3n) is 1.59. The number of halogens is 3. The maximum absolute atomic E-state index is 5.88. The molecule has 2 aromatic rings. The second-order valence-electron chi connectivity index (χ2n) is 2.50. The quantitative estimate of drug-likeness (QED) is 0.751. The molecule has 1 aromatic heterocycles. The Bertz CT molecular complexity index is 435. The van der Waals surface area contributed by atoms with Gasteiger partial charge in [0.15, 0.2) is 0 Å². The molecular formula is C8H3BrCl2N2O. The minimum atomic E-state index is 0.407. The number of rotatable bonds is 1. The van der Waals surface area contributed by atoms with Gasteiger partial charge in [0, 0.05) is 10.0 Å². The summed E-state index contributed by atoms with van der Waals surface area (Å²) in [6, 6.07) is 3.43. The summed E-state index contributed by atoms with van der Waals surface area (Å²) in [6.07, 6.45) is 1.26. The molecule has 72 valence electrons. The van der Waals surface area contributed by atoms with Crippen LogP contribution in [0, 0.1) is 0 Å². The zero-order valence-corrected chi connectivity index (χ0v) is 9.77. The summed E-state index contributed by atoms with van der Waals surface area (Å²) >= 11 is 15.0. The van der Waals surface area contributed by atoms with E-state index < -0.39 is 0 Å². The Balaban J connectivity index is 2.57. The van der Waals surface area contributed by atoms with Crippen molar-refractivity contribution in [3.8, 4) is 11.5 Å². The molecule has 0 aliphatic rings. The third-order valence-corrected chi connectivity index (χ3v) is 3.25. The Morgan fingerprint density at radius 2 is 2.07 bits per heavy atom. The predicted octanol–water partition coefficient (Wildman–Crippen LogP) is 3.81. The van der Waals surface area contributed by atoms with Gasteiger partial charge in [-0.05, 0) is 28.1 Å². The average Bonchev–Trinajstić information content (AvgIpc) is 2.66. The first kappa shape index (κ1) is 9.96. The fourth-order valence-electron chi connectivity index (χ4n) is 0.978. The van der Waals surface area contributed by atoms with E-state index in [2.05, 4.69) is 26.1 Å². The molecule has 0 N–H and O–H groups in total. The Morgan fingerprint density at radius 3 is 2.64 bits per heavy atom. The van der Waals surface area contributed by atoms with Gasteiger partial charge >= 0.3 is 0 Å². The van der Waals surface area contributed by atoms with Crippen LogP contribution in [0.5, 0.6) is 0 Å². The Hall–Kier alpha value is -0.580. The van der Waals surface area contributed by atoms with E-state index in [0.29, 0.717) is 20.4 Å². The zero-order chi connectivity index (χ0) is 10.1. The molecule has 0 saturated heterocycles. The summed E-state index contributed by atoms with van der Waals surface area (Å²) in [5, 5.41) is 8.24. The summed E-state index contributed by atoms with van der Waals surface area (Å²) in [6.45, 7) is 0. The second-order valence-corrected chi connectivity index (χ2v) is 4.14. The van der Waals surface area contributed by atoms with E-state index in [1.807, 2.05) is 0 Å². The van der Waals surface area contributed by atoms with Crippen LogP contribution >= 0.6 is 39.1 Å². The van der Waals surface area contributed by atoms with Crippen molar-refractivity contribution in [3.05, 3.63) is 33.0 Å². The summed E-state index contributed by atoms with van der Waals surface area (Å²) in [5.74, 6) is 0.407. The van der Waals surface area contributed by atoms with Crippen LogP contribution < -0.4 is 0 Å². The lowest BCUT2D eigenvalue weighted by Gasteiger charge is -2.01. The molecule has 0 atom stereocenters. The highest BCUT2D eigenvalue weighted by Gasteiger charge is 2.09. The van der Waals surface area contributed by atoms with E-state index in [4.69, 9.17) is 27.6 Å². The van der Waals surface area contributed by atoms with Crippen molar-refractivity contribution < 1.29 is 4.42 Å². The molecule has 0 spiro atoms. The minimum absolute atomic E-state index is 0.407. The molecule has 14 heavy (non-hydrogen) atoms. The number of nitrogens with zero attached hydrogens (tertiary/aromatic N) is 2. The molecule has 0 radical (unpaired) electrons. The van der Waals surface area contributed by atoms with Crippen molar-refractivity contribution >= 4 is 39.1 Å². The summed E-state index contributed by atoms with van der Waals surface area (Å²) in [4.78, 5) is 0. The lowest BCUT2D eigenvalue weighted by atomic mass is 10.2. The molecule has 0 bridgehead atoms. The fourth-order valence-corrected chi connectivity index (χ4v) is 1.88. The summed E-state index contributed by atoms with van der Waals surface area (Å²) in [5.41, 5.74) is 0.726.